The minimum Gasteiger partial charge on any atom is -0.457 e. The van der Waals surface area contributed by atoms with Crippen molar-refractivity contribution in [1.29, 1.82) is 0 Å². The number of hydrogen-bond donors (Lipinski definition) is 2. The number of oxime groups is 1. The number of amidine groups is 1. The monoisotopic (exact) mass is 310 g/mol. The summed E-state index contributed by atoms with van der Waals surface area (Å²) in [5.74, 6) is 1.26. The molecule has 0 bridgehead atoms. The summed E-state index contributed by atoms with van der Waals surface area (Å²) in [6, 6.07) is 10.3. The molecule has 0 amide bonds. The lowest BCUT2D eigenvalue weighted by Gasteiger charge is -2.09. The van der Waals surface area contributed by atoms with Crippen LogP contribution >= 0.6 is 23.2 Å². The molecule has 0 radical (unpaired) electrons. The van der Waals surface area contributed by atoms with E-state index in [9.17, 15) is 0 Å². The molecule has 0 fully saturated rings. The Labute approximate surface area is 126 Å². The number of ether oxygens (including phenoxy) is 1. The van der Waals surface area contributed by atoms with Crippen molar-refractivity contribution in [3.8, 4) is 11.5 Å². The average Bonchev–Trinajstić information content (AvgIpc) is 2.42. The Hall–Kier alpha value is -1.91. The van der Waals surface area contributed by atoms with E-state index >= 15 is 0 Å². The fraction of sp³-hybridized carbons (Fsp3) is 0.0714. The fourth-order valence-electron chi connectivity index (χ4n) is 1.72. The summed E-state index contributed by atoms with van der Waals surface area (Å²) in [6.45, 7) is 1.84. The van der Waals surface area contributed by atoms with Gasteiger partial charge in [0.1, 0.15) is 11.5 Å². The zero-order valence-electron chi connectivity index (χ0n) is 10.6. The Morgan fingerprint density at radius 1 is 1.10 bits per heavy atom. The summed E-state index contributed by atoms with van der Waals surface area (Å²) >= 11 is 11.8. The zero-order chi connectivity index (χ0) is 14.7. The van der Waals surface area contributed by atoms with Crippen molar-refractivity contribution >= 4 is 29.0 Å². The van der Waals surface area contributed by atoms with Crippen LogP contribution in [-0.2, 0) is 0 Å². The van der Waals surface area contributed by atoms with Crippen molar-refractivity contribution in [1.82, 2.24) is 0 Å². The van der Waals surface area contributed by atoms with Crippen LogP contribution in [0.2, 0.25) is 10.0 Å². The van der Waals surface area contributed by atoms with Gasteiger partial charge in [-0.1, -0.05) is 28.4 Å². The number of nitrogens with zero attached hydrogens (tertiary/aromatic N) is 1. The molecule has 4 nitrogen and oxygen atoms in total. The number of benzene rings is 2. The van der Waals surface area contributed by atoms with Gasteiger partial charge in [0.25, 0.3) is 0 Å². The summed E-state index contributed by atoms with van der Waals surface area (Å²) in [4.78, 5) is 0. The maximum Gasteiger partial charge on any atom is 0.170 e. The van der Waals surface area contributed by atoms with Gasteiger partial charge in [0.15, 0.2) is 5.84 Å². The molecule has 0 saturated heterocycles. The molecule has 6 heteroatoms. The smallest absolute Gasteiger partial charge is 0.170 e. The van der Waals surface area contributed by atoms with E-state index in [0.29, 0.717) is 27.1 Å². The molecule has 20 heavy (non-hydrogen) atoms. The maximum atomic E-state index is 8.68. The summed E-state index contributed by atoms with van der Waals surface area (Å²) in [5.41, 5.74) is 7.04. The van der Waals surface area contributed by atoms with Crippen LogP contribution in [0, 0.1) is 6.92 Å². The van der Waals surface area contributed by atoms with Gasteiger partial charge in [-0.25, -0.2) is 0 Å². The van der Waals surface area contributed by atoms with E-state index in [2.05, 4.69) is 5.16 Å². The Balaban J connectivity index is 2.26. The van der Waals surface area contributed by atoms with Crippen molar-refractivity contribution < 1.29 is 9.94 Å². The molecule has 0 atom stereocenters. The first kappa shape index (κ1) is 14.5. The number of rotatable bonds is 3. The second kappa shape index (κ2) is 6.03. The molecule has 0 unspecified atom stereocenters. The third-order valence-corrected chi connectivity index (χ3v) is 3.45. The second-order valence-corrected chi connectivity index (χ2v) is 4.95. The normalized spacial score (nSPS) is 11.4. The van der Waals surface area contributed by atoms with Gasteiger partial charge in [0, 0.05) is 11.6 Å². The lowest BCUT2D eigenvalue weighted by Crippen LogP contribution is -2.14. The first-order valence-electron chi connectivity index (χ1n) is 5.72. The summed E-state index contributed by atoms with van der Waals surface area (Å²) in [5, 5.41) is 12.5. The van der Waals surface area contributed by atoms with Gasteiger partial charge < -0.3 is 15.7 Å². The number of nitrogens with two attached hydrogens (primary N) is 1. The van der Waals surface area contributed by atoms with E-state index in [1.54, 1.807) is 36.4 Å². The first-order valence-corrected chi connectivity index (χ1v) is 6.48. The minimum absolute atomic E-state index is 0.0589. The average molecular weight is 311 g/mol. The molecule has 2 rings (SSSR count). The second-order valence-electron chi connectivity index (χ2n) is 4.14. The minimum atomic E-state index is 0.0589. The summed E-state index contributed by atoms with van der Waals surface area (Å²) in [6.07, 6.45) is 0. The standard InChI is InChI=1S/C14H12Cl2N2O2/c1-8-6-9(2-4-11(8)14(17)18-19)20-10-3-5-12(15)13(16)7-10/h2-7,19H,1H3,(H2,17,18). The maximum absolute atomic E-state index is 8.68. The molecule has 3 N–H and O–H groups in total. The highest BCUT2D eigenvalue weighted by Crippen LogP contribution is 2.30. The van der Waals surface area contributed by atoms with Crippen molar-refractivity contribution in [2.24, 2.45) is 10.9 Å². The lowest BCUT2D eigenvalue weighted by atomic mass is 10.1. The number of aryl methyl sites for hydroxylation is 1. The van der Waals surface area contributed by atoms with Gasteiger partial charge in [-0.05, 0) is 42.8 Å². The van der Waals surface area contributed by atoms with Crippen LogP contribution in [-0.4, -0.2) is 11.0 Å². The van der Waals surface area contributed by atoms with Crippen LogP contribution in [0.1, 0.15) is 11.1 Å². The number of hydrogen-bond acceptors (Lipinski definition) is 3. The molecule has 0 spiro atoms. The van der Waals surface area contributed by atoms with Crippen molar-refractivity contribution in [2.45, 2.75) is 6.92 Å². The fourth-order valence-corrected chi connectivity index (χ4v) is 2.01. The highest BCUT2D eigenvalue weighted by Gasteiger charge is 2.07. The molecule has 0 aliphatic heterocycles. The molecule has 104 valence electrons. The molecular weight excluding hydrogens is 299 g/mol. The van der Waals surface area contributed by atoms with Crippen LogP contribution < -0.4 is 10.5 Å². The largest absolute Gasteiger partial charge is 0.457 e. The van der Waals surface area contributed by atoms with E-state index in [0.717, 1.165) is 5.56 Å². The van der Waals surface area contributed by atoms with Gasteiger partial charge >= 0.3 is 0 Å². The van der Waals surface area contributed by atoms with Crippen LogP contribution in [0.25, 0.3) is 0 Å². The molecule has 0 aliphatic rings. The topological polar surface area (TPSA) is 67.8 Å². The van der Waals surface area contributed by atoms with Crippen LogP contribution in [0.15, 0.2) is 41.6 Å². The lowest BCUT2D eigenvalue weighted by molar-refractivity contribution is 0.318. The third kappa shape index (κ3) is 3.15. The van der Waals surface area contributed by atoms with Crippen LogP contribution in [0.3, 0.4) is 0 Å². The Morgan fingerprint density at radius 2 is 1.75 bits per heavy atom. The van der Waals surface area contributed by atoms with Gasteiger partial charge in [-0.15, -0.1) is 0 Å². The predicted octanol–water partition coefficient (Wildman–Crippen LogP) is 4.19. The van der Waals surface area contributed by atoms with Gasteiger partial charge in [-0.2, -0.15) is 0 Å². The molecule has 0 saturated carbocycles. The summed E-state index contributed by atoms with van der Waals surface area (Å²) in [7, 11) is 0. The van der Waals surface area contributed by atoms with Gasteiger partial charge in [0.2, 0.25) is 0 Å². The molecular formula is C14H12Cl2N2O2. The summed E-state index contributed by atoms with van der Waals surface area (Å²) < 4.78 is 5.68. The van der Waals surface area contributed by atoms with Crippen molar-refractivity contribution in [2.75, 3.05) is 0 Å². The van der Waals surface area contributed by atoms with Crippen LogP contribution in [0.5, 0.6) is 11.5 Å². The van der Waals surface area contributed by atoms with E-state index in [1.165, 1.54) is 0 Å². The predicted molar refractivity (Wildman–Crippen MR) is 80.2 cm³/mol. The van der Waals surface area contributed by atoms with Crippen molar-refractivity contribution in [3.63, 3.8) is 0 Å². The first-order chi connectivity index (χ1) is 9.51. The van der Waals surface area contributed by atoms with Gasteiger partial charge in [-0.3, -0.25) is 0 Å². The zero-order valence-corrected chi connectivity index (χ0v) is 12.1. The van der Waals surface area contributed by atoms with Gasteiger partial charge in [0.05, 0.1) is 10.0 Å². The Kier molecular flexibility index (Phi) is 4.37. The third-order valence-electron chi connectivity index (χ3n) is 2.71. The molecule has 0 heterocycles. The quantitative estimate of drug-likeness (QED) is 0.386. The van der Waals surface area contributed by atoms with E-state index in [1.807, 2.05) is 6.92 Å². The molecule has 0 aromatic heterocycles. The SMILES string of the molecule is Cc1cc(Oc2ccc(Cl)c(Cl)c2)ccc1/C(N)=N/O. The van der Waals surface area contributed by atoms with Crippen molar-refractivity contribution in [3.05, 3.63) is 57.6 Å². The Bertz CT molecular complexity index is 672. The highest BCUT2D eigenvalue weighted by atomic mass is 35.5. The number of halogens is 2. The highest BCUT2D eigenvalue weighted by molar-refractivity contribution is 6.42. The van der Waals surface area contributed by atoms with Crippen LogP contribution in [0.4, 0.5) is 0 Å². The molecule has 2 aromatic carbocycles. The Morgan fingerprint density at radius 3 is 2.35 bits per heavy atom. The van der Waals surface area contributed by atoms with E-state index in [4.69, 9.17) is 38.9 Å². The molecule has 0 aliphatic carbocycles. The molecule has 2 aromatic rings. The van der Waals surface area contributed by atoms with E-state index < -0.39 is 0 Å². The van der Waals surface area contributed by atoms with E-state index in [-0.39, 0.29) is 5.84 Å².